The van der Waals surface area contributed by atoms with Crippen molar-refractivity contribution in [3.05, 3.63) is 69.4 Å². The average Bonchev–Trinajstić information content (AvgIpc) is 2.45. The zero-order chi connectivity index (χ0) is 15.4. The van der Waals surface area contributed by atoms with Gasteiger partial charge in [0.2, 0.25) is 0 Å². The Hall–Kier alpha value is -1.33. The van der Waals surface area contributed by atoms with Crippen LogP contribution in [0.4, 0.5) is 13.2 Å². The number of hydrogen-bond donors (Lipinski definition) is 1. The summed E-state index contributed by atoms with van der Waals surface area (Å²) < 4.78 is 41.8. The highest BCUT2D eigenvalue weighted by Crippen LogP contribution is 2.26. The first kappa shape index (κ1) is 16.0. The molecule has 1 N–H and O–H groups in total. The lowest BCUT2D eigenvalue weighted by Crippen LogP contribution is -2.24. The fourth-order valence-corrected chi connectivity index (χ4v) is 2.62. The van der Waals surface area contributed by atoms with E-state index in [1.54, 1.807) is 12.1 Å². The van der Waals surface area contributed by atoms with Gasteiger partial charge in [-0.2, -0.15) is 0 Å². The first-order valence-corrected chi connectivity index (χ1v) is 7.42. The van der Waals surface area contributed by atoms with E-state index in [1.165, 1.54) is 6.07 Å². The van der Waals surface area contributed by atoms with Crippen molar-refractivity contribution in [3.63, 3.8) is 0 Å². The van der Waals surface area contributed by atoms with E-state index in [-0.39, 0.29) is 17.8 Å². The Morgan fingerprint density at radius 2 is 1.76 bits per heavy atom. The van der Waals surface area contributed by atoms with Crippen LogP contribution in [0.1, 0.15) is 24.1 Å². The molecular formula is C16H15BrF3N. The minimum Gasteiger partial charge on any atom is -0.310 e. The maximum Gasteiger partial charge on any atom is 0.128 e. The van der Waals surface area contributed by atoms with Gasteiger partial charge in [-0.05, 0) is 54.9 Å². The van der Waals surface area contributed by atoms with Gasteiger partial charge < -0.3 is 5.32 Å². The molecule has 0 radical (unpaired) electrons. The first-order chi connectivity index (χ1) is 10.0. The predicted octanol–water partition coefficient (Wildman–Crippen LogP) is 4.76. The van der Waals surface area contributed by atoms with Gasteiger partial charge >= 0.3 is 0 Å². The van der Waals surface area contributed by atoms with Crippen LogP contribution in [-0.2, 0) is 6.42 Å². The van der Waals surface area contributed by atoms with Gasteiger partial charge in [-0.1, -0.05) is 22.9 Å². The van der Waals surface area contributed by atoms with Crippen molar-refractivity contribution in [1.82, 2.24) is 5.32 Å². The van der Waals surface area contributed by atoms with Gasteiger partial charge in [0, 0.05) is 16.1 Å². The molecule has 0 saturated carbocycles. The molecule has 0 fully saturated rings. The topological polar surface area (TPSA) is 12.0 Å². The molecule has 5 heteroatoms. The lowest BCUT2D eigenvalue weighted by Gasteiger charge is -2.20. The maximum absolute atomic E-state index is 14.0. The normalized spacial score (nSPS) is 12.4. The second kappa shape index (κ2) is 7.09. The van der Waals surface area contributed by atoms with E-state index in [1.807, 2.05) is 6.92 Å². The number of hydrogen-bond acceptors (Lipinski definition) is 1. The van der Waals surface area contributed by atoms with Crippen molar-refractivity contribution in [2.75, 3.05) is 6.54 Å². The number of rotatable bonds is 5. The van der Waals surface area contributed by atoms with Gasteiger partial charge in [-0.15, -0.1) is 0 Å². The van der Waals surface area contributed by atoms with Crippen LogP contribution in [0.5, 0.6) is 0 Å². The van der Waals surface area contributed by atoms with Crippen LogP contribution < -0.4 is 5.32 Å². The quantitative estimate of drug-likeness (QED) is 0.813. The van der Waals surface area contributed by atoms with Gasteiger partial charge in [0.15, 0.2) is 0 Å². The van der Waals surface area contributed by atoms with Crippen LogP contribution in [-0.4, -0.2) is 6.54 Å². The van der Waals surface area contributed by atoms with Crippen LogP contribution >= 0.6 is 15.9 Å². The molecule has 2 aromatic rings. The summed E-state index contributed by atoms with van der Waals surface area (Å²) in [6.45, 7) is 2.47. The summed E-state index contributed by atoms with van der Waals surface area (Å²) in [5.41, 5.74) is 0.648. The Balaban J connectivity index is 2.35. The summed E-state index contributed by atoms with van der Waals surface area (Å²) in [6, 6.07) is 7.49. The number of nitrogens with one attached hydrogen (secondary N) is 1. The fraction of sp³-hybridized carbons (Fsp3) is 0.250. The van der Waals surface area contributed by atoms with Gasteiger partial charge in [0.25, 0.3) is 0 Å². The second-order valence-electron chi connectivity index (χ2n) is 4.72. The van der Waals surface area contributed by atoms with Crippen LogP contribution in [0.15, 0.2) is 40.9 Å². The summed E-state index contributed by atoms with van der Waals surface area (Å²) in [5, 5.41) is 3.11. The van der Waals surface area contributed by atoms with E-state index in [0.29, 0.717) is 12.1 Å². The third-order valence-corrected chi connectivity index (χ3v) is 3.71. The van der Waals surface area contributed by atoms with E-state index >= 15 is 0 Å². The molecule has 0 aromatic heterocycles. The molecule has 1 nitrogen and oxygen atoms in total. The molecule has 2 rings (SSSR count). The minimum absolute atomic E-state index is 0.171. The Morgan fingerprint density at radius 3 is 2.48 bits per heavy atom. The van der Waals surface area contributed by atoms with Crippen molar-refractivity contribution in [2.45, 2.75) is 19.4 Å². The summed E-state index contributed by atoms with van der Waals surface area (Å²) >= 11 is 3.30. The van der Waals surface area contributed by atoms with Crippen molar-refractivity contribution in [3.8, 4) is 0 Å². The third-order valence-electron chi connectivity index (χ3n) is 3.22. The number of benzene rings is 2. The molecule has 0 bridgehead atoms. The highest BCUT2D eigenvalue weighted by atomic mass is 79.9. The highest BCUT2D eigenvalue weighted by molar-refractivity contribution is 9.10. The van der Waals surface area contributed by atoms with Gasteiger partial charge in [0.1, 0.15) is 17.5 Å². The summed E-state index contributed by atoms with van der Waals surface area (Å²) in [5.74, 6) is -1.37. The Bertz CT molecular complexity index is 631. The van der Waals surface area contributed by atoms with Gasteiger partial charge in [-0.3, -0.25) is 0 Å². The van der Waals surface area contributed by atoms with Gasteiger partial charge in [-0.25, -0.2) is 13.2 Å². The lowest BCUT2D eigenvalue weighted by atomic mass is 9.98. The third kappa shape index (κ3) is 4.08. The average molecular weight is 358 g/mol. The molecule has 112 valence electrons. The van der Waals surface area contributed by atoms with E-state index in [0.717, 1.165) is 22.7 Å². The van der Waals surface area contributed by atoms with Gasteiger partial charge in [0.05, 0.1) is 0 Å². The number of halogens is 4. The monoisotopic (exact) mass is 357 g/mol. The fourth-order valence-electron chi connectivity index (χ4n) is 2.24. The minimum atomic E-state index is -0.503. The zero-order valence-corrected chi connectivity index (χ0v) is 13.1. The summed E-state index contributed by atoms with van der Waals surface area (Å²) in [4.78, 5) is 0. The highest BCUT2D eigenvalue weighted by Gasteiger charge is 2.18. The molecule has 0 aliphatic rings. The Morgan fingerprint density at radius 1 is 1.05 bits per heavy atom. The molecule has 0 aliphatic carbocycles. The van der Waals surface area contributed by atoms with Crippen molar-refractivity contribution in [2.24, 2.45) is 0 Å². The first-order valence-electron chi connectivity index (χ1n) is 6.63. The Labute approximate surface area is 130 Å². The molecule has 1 unspecified atom stereocenters. The largest absolute Gasteiger partial charge is 0.310 e. The van der Waals surface area contributed by atoms with Crippen molar-refractivity contribution in [1.29, 1.82) is 0 Å². The molecule has 0 saturated heterocycles. The van der Waals surface area contributed by atoms with E-state index in [2.05, 4.69) is 21.2 Å². The molecule has 2 aromatic carbocycles. The SMILES string of the molecule is CCNC(Cc1cc(F)ccc1F)c1cc(Br)ccc1F. The lowest BCUT2D eigenvalue weighted by molar-refractivity contribution is 0.495. The van der Waals surface area contributed by atoms with E-state index in [9.17, 15) is 13.2 Å². The predicted molar refractivity (Wildman–Crippen MR) is 80.6 cm³/mol. The Kier molecular flexibility index (Phi) is 5.42. The standard InChI is InChI=1S/C16H15BrF3N/c1-2-21-16(13-9-11(17)3-5-15(13)20)8-10-7-12(18)4-6-14(10)19/h3-7,9,16,21H,2,8H2,1H3. The molecule has 0 aliphatic heterocycles. The van der Waals surface area contributed by atoms with Crippen molar-refractivity contribution < 1.29 is 13.2 Å². The maximum atomic E-state index is 14.0. The molecule has 0 spiro atoms. The van der Waals surface area contributed by atoms with Crippen LogP contribution in [0.3, 0.4) is 0 Å². The van der Waals surface area contributed by atoms with Crippen LogP contribution in [0.2, 0.25) is 0 Å². The molecule has 1 atom stereocenters. The molecule has 21 heavy (non-hydrogen) atoms. The zero-order valence-electron chi connectivity index (χ0n) is 11.5. The number of likely N-dealkylation sites (N-methyl/N-ethyl adjacent to an activating group) is 1. The van der Waals surface area contributed by atoms with Crippen molar-refractivity contribution >= 4 is 15.9 Å². The molecule has 0 heterocycles. The smallest absolute Gasteiger partial charge is 0.128 e. The molecular weight excluding hydrogens is 343 g/mol. The van der Waals surface area contributed by atoms with Crippen LogP contribution in [0, 0.1) is 17.5 Å². The summed E-state index contributed by atoms with van der Waals surface area (Å²) in [6.07, 6.45) is 0.171. The molecule has 0 amide bonds. The van der Waals surface area contributed by atoms with E-state index < -0.39 is 17.7 Å². The van der Waals surface area contributed by atoms with E-state index in [4.69, 9.17) is 0 Å². The van der Waals surface area contributed by atoms with Crippen LogP contribution in [0.25, 0.3) is 0 Å². The summed E-state index contributed by atoms with van der Waals surface area (Å²) in [7, 11) is 0. The second-order valence-corrected chi connectivity index (χ2v) is 5.63.